The third kappa shape index (κ3) is 2.63. The molecular weight excluding hydrogens is 202 g/mol. The van der Waals surface area contributed by atoms with Gasteiger partial charge in [0.2, 0.25) is 0 Å². The molecule has 80 valence electrons. The van der Waals surface area contributed by atoms with Gasteiger partial charge in [0.05, 0.1) is 6.20 Å². The van der Waals surface area contributed by atoms with E-state index in [4.69, 9.17) is 0 Å². The van der Waals surface area contributed by atoms with Crippen molar-refractivity contribution in [2.45, 2.75) is 6.54 Å². The maximum absolute atomic E-state index is 11.7. The van der Waals surface area contributed by atoms with Gasteiger partial charge >= 0.3 is 0 Å². The summed E-state index contributed by atoms with van der Waals surface area (Å²) >= 11 is 0. The third-order valence-corrected chi connectivity index (χ3v) is 2.13. The van der Waals surface area contributed by atoms with Crippen molar-refractivity contribution in [1.29, 1.82) is 0 Å². The second kappa shape index (κ2) is 5.02. The molecular formula is C12H11N3O. The van der Waals surface area contributed by atoms with Crippen molar-refractivity contribution in [2.75, 3.05) is 0 Å². The zero-order valence-corrected chi connectivity index (χ0v) is 8.63. The van der Waals surface area contributed by atoms with E-state index in [-0.39, 0.29) is 5.91 Å². The first kappa shape index (κ1) is 10.3. The van der Waals surface area contributed by atoms with Crippen LogP contribution in [0.3, 0.4) is 0 Å². The normalized spacial score (nSPS) is 9.75. The lowest BCUT2D eigenvalue weighted by molar-refractivity contribution is 0.0951. The molecule has 0 aliphatic rings. The Morgan fingerprint density at radius 3 is 2.62 bits per heavy atom. The SMILES string of the molecule is O=C(NCc1ccnnc1)c1ccccc1. The highest BCUT2D eigenvalue weighted by Gasteiger charge is 2.03. The van der Waals surface area contributed by atoms with Gasteiger partial charge in [-0.15, -0.1) is 0 Å². The van der Waals surface area contributed by atoms with Gasteiger partial charge < -0.3 is 5.32 Å². The van der Waals surface area contributed by atoms with Crippen LogP contribution in [0.25, 0.3) is 0 Å². The maximum Gasteiger partial charge on any atom is 0.251 e. The summed E-state index contributed by atoms with van der Waals surface area (Å²) in [4.78, 5) is 11.7. The number of aromatic nitrogens is 2. The molecule has 4 heteroatoms. The largest absolute Gasteiger partial charge is 0.348 e. The van der Waals surface area contributed by atoms with Crippen molar-refractivity contribution < 1.29 is 4.79 Å². The summed E-state index contributed by atoms with van der Waals surface area (Å²) in [6, 6.07) is 10.9. The summed E-state index contributed by atoms with van der Waals surface area (Å²) < 4.78 is 0. The van der Waals surface area contributed by atoms with Gasteiger partial charge in [-0.2, -0.15) is 10.2 Å². The van der Waals surface area contributed by atoms with Gasteiger partial charge in [-0.05, 0) is 23.8 Å². The van der Waals surface area contributed by atoms with Gasteiger partial charge in [-0.3, -0.25) is 4.79 Å². The first-order valence-corrected chi connectivity index (χ1v) is 4.95. The van der Waals surface area contributed by atoms with E-state index in [1.165, 1.54) is 0 Å². The molecule has 1 aromatic carbocycles. The highest BCUT2D eigenvalue weighted by Crippen LogP contribution is 1.99. The second-order valence-corrected chi connectivity index (χ2v) is 3.30. The Balaban J connectivity index is 1.95. The Labute approximate surface area is 93.3 Å². The maximum atomic E-state index is 11.7. The topological polar surface area (TPSA) is 54.9 Å². The molecule has 0 spiro atoms. The third-order valence-electron chi connectivity index (χ3n) is 2.13. The Morgan fingerprint density at radius 1 is 1.12 bits per heavy atom. The molecule has 2 aromatic rings. The highest BCUT2D eigenvalue weighted by atomic mass is 16.1. The number of nitrogens with zero attached hydrogens (tertiary/aromatic N) is 2. The molecule has 1 heterocycles. The van der Waals surface area contributed by atoms with Crippen LogP contribution in [0.4, 0.5) is 0 Å². The van der Waals surface area contributed by atoms with Crippen molar-refractivity contribution in [3.63, 3.8) is 0 Å². The number of hydrogen-bond donors (Lipinski definition) is 1. The van der Waals surface area contributed by atoms with Gasteiger partial charge in [0.25, 0.3) is 5.91 Å². The molecule has 16 heavy (non-hydrogen) atoms. The molecule has 2 rings (SSSR count). The molecule has 0 saturated carbocycles. The van der Waals surface area contributed by atoms with Gasteiger partial charge in [-0.1, -0.05) is 18.2 Å². The number of nitrogens with one attached hydrogen (secondary N) is 1. The van der Waals surface area contributed by atoms with Crippen LogP contribution in [-0.4, -0.2) is 16.1 Å². The van der Waals surface area contributed by atoms with Gasteiger partial charge in [0.1, 0.15) is 0 Å². The number of amides is 1. The van der Waals surface area contributed by atoms with E-state index in [1.807, 2.05) is 24.3 Å². The molecule has 0 bridgehead atoms. The molecule has 4 nitrogen and oxygen atoms in total. The van der Waals surface area contributed by atoms with Crippen LogP contribution in [0.5, 0.6) is 0 Å². The van der Waals surface area contributed by atoms with E-state index in [2.05, 4.69) is 15.5 Å². The molecule has 0 unspecified atom stereocenters. The highest BCUT2D eigenvalue weighted by molar-refractivity contribution is 5.94. The standard InChI is InChI=1S/C12H11N3O/c16-12(11-4-2-1-3-5-11)13-8-10-6-7-14-15-9-10/h1-7,9H,8H2,(H,13,16). The average Bonchev–Trinajstić information content (AvgIpc) is 2.38. The minimum atomic E-state index is -0.0857. The fraction of sp³-hybridized carbons (Fsp3) is 0.0833. The van der Waals surface area contributed by atoms with E-state index in [0.29, 0.717) is 12.1 Å². The molecule has 0 fully saturated rings. The molecule has 1 N–H and O–H groups in total. The average molecular weight is 213 g/mol. The smallest absolute Gasteiger partial charge is 0.251 e. The summed E-state index contributed by atoms with van der Waals surface area (Å²) in [5, 5.41) is 10.2. The fourth-order valence-electron chi connectivity index (χ4n) is 1.30. The Kier molecular flexibility index (Phi) is 3.23. The quantitative estimate of drug-likeness (QED) is 0.838. The van der Waals surface area contributed by atoms with E-state index in [9.17, 15) is 4.79 Å². The summed E-state index contributed by atoms with van der Waals surface area (Å²) in [6.45, 7) is 0.462. The first-order chi connectivity index (χ1) is 7.86. The summed E-state index contributed by atoms with van der Waals surface area (Å²) in [7, 11) is 0. The van der Waals surface area contributed by atoms with E-state index >= 15 is 0 Å². The lowest BCUT2D eigenvalue weighted by Gasteiger charge is -2.04. The lowest BCUT2D eigenvalue weighted by atomic mass is 10.2. The predicted molar refractivity (Wildman–Crippen MR) is 59.6 cm³/mol. The van der Waals surface area contributed by atoms with Crippen molar-refractivity contribution in [1.82, 2.24) is 15.5 Å². The molecule has 1 aromatic heterocycles. The first-order valence-electron chi connectivity index (χ1n) is 4.95. The zero-order valence-electron chi connectivity index (χ0n) is 8.63. The zero-order chi connectivity index (χ0) is 11.2. The molecule has 0 aliphatic heterocycles. The van der Waals surface area contributed by atoms with Crippen LogP contribution in [0, 0.1) is 0 Å². The van der Waals surface area contributed by atoms with E-state index < -0.39 is 0 Å². The summed E-state index contributed by atoms with van der Waals surface area (Å²) in [5.41, 5.74) is 1.59. The van der Waals surface area contributed by atoms with Crippen LogP contribution >= 0.6 is 0 Å². The number of carbonyl (C=O) groups excluding carboxylic acids is 1. The number of carbonyl (C=O) groups is 1. The van der Waals surface area contributed by atoms with Gasteiger partial charge in [0.15, 0.2) is 0 Å². The Hall–Kier alpha value is -2.23. The van der Waals surface area contributed by atoms with Crippen LogP contribution in [0.15, 0.2) is 48.8 Å². The van der Waals surface area contributed by atoms with Crippen molar-refractivity contribution in [3.8, 4) is 0 Å². The molecule has 0 aliphatic carbocycles. The minimum Gasteiger partial charge on any atom is -0.348 e. The van der Waals surface area contributed by atoms with Crippen LogP contribution < -0.4 is 5.32 Å². The van der Waals surface area contributed by atoms with Gasteiger partial charge in [0, 0.05) is 18.3 Å². The minimum absolute atomic E-state index is 0.0857. The van der Waals surface area contributed by atoms with Crippen molar-refractivity contribution >= 4 is 5.91 Å². The Morgan fingerprint density at radius 2 is 1.94 bits per heavy atom. The van der Waals surface area contributed by atoms with Gasteiger partial charge in [-0.25, -0.2) is 0 Å². The number of benzene rings is 1. The number of hydrogen-bond acceptors (Lipinski definition) is 3. The number of rotatable bonds is 3. The molecule has 1 amide bonds. The summed E-state index contributed by atoms with van der Waals surface area (Å²) in [5.74, 6) is -0.0857. The second-order valence-electron chi connectivity index (χ2n) is 3.30. The lowest BCUT2D eigenvalue weighted by Crippen LogP contribution is -2.22. The fourth-order valence-corrected chi connectivity index (χ4v) is 1.30. The predicted octanol–water partition coefficient (Wildman–Crippen LogP) is 1.41. The van der Waals surface area contributed by atoms with Crippen molar-refractivity contribution in [3.05, 3.63) is 59.9 Å². The summed E-state index contributed by atoms with van der Waals surface area (Å²) in [6.07, 6.45) is 3.23. The monoisotopic (exact) mass is 213 g/mol. The molecule has 0 atom stereocenters. The van der Waals surface area contributed by atoms with Crippen LogP contribution in [-0.2, 0) is 6.54 Å². The molecule has 0 radical (unpaired) electrons. The van der Waals surface area contributed by atoms with Crippen molar-refractivity contribution in [2.24, 2.45) is 0 Å². The molecule has 0 saturated heterocycles. The van der Waals surface area contributed by atoms with E-state index in [0.717, 1.165) is 5.56 Å². The Bertz CT molecular complexity index is 456. The van der Waals surface area contributed by atoms with Crippen LogP contribution in [0.2, 0.25) is 0 Å². The van der Waals surface area contributed by atoms with Crippen LogP contribution in [0.1, 0.15) is 15.9 Å². The van der Waals surface area contributed by atoms with E-state index in [1.54, 1.807) is 24.5 Å².